The van der Waals surface area contributed by atoms with E-state index < -0.39 is 90.6 Å². The van der Waals surface area contributed by atoms with Crippen LogP contribution in [-0.4, -0.2) is 154 Å². The van der Waals surface area contributed by atoms with Gasteiger partial charge in [0.25, 0.3) is 5.91 Å². The average molecular weight is 646 g/mol. The third-order valence-corrected chi connectivity index (χ3v) is 10.2. The van der Waals surface area contributed by atoms with E-state index in [0.717, 1.165) is 25.9 Å². The van der Waals surface area contributed by atoms with Crippen LogP contribution in [0, 0.1) is 5.92 Å². The van der Waals surface area contributed by atoms with Gasteiger partial charge in [-0.25, -0.2) is 4.99 Å². The molecule has 0 bridgehead atoms. The highest BCUT2D eigenvalue weighted by Crippen LogP contribution is 2.51. The molecule has 0 aromatic rings. The van der Waals surface area contributed by atoms with Crippen LogP contribution in [0.3, 0.4) is 0 Å². The van der Waals surface area contributed by atoms with Crippen LogP contribution in [0.4, 0.5) is 0 Å². The second kappa shape index (κ2) is 13.4. The highest BCUT2D eigenvalue weighted by molar-refractivity contribution is 5.92. The van der Waals surface area contributed by atoms with Crippen molar-refractivity contribution in [3.63, 3.8) is 0 Å². The molecule has 2 saturated carbocycles. The minimum Gasteiger partial charge on any atom is -0.394 e. The lowest BCUT2D eigenvalue weighted by atomic mass is 9.71. The maximum absolute atomic E-state index is 13.5. The highest BCUT2D eigenvalue weighted by Gasteiger charge is 2.70. The zero-order valence-corrected chi connectivity index (χ0v) is 25.4. The number of aliphatic hydroxyl groups excluding tert-OH is 4. The van der Waals surface area contributed by atoms with Gasteiger partial charge in [0.2, 0.25) is 0 Å². The lowest BCUT2D eigenvalue weighted by Gasteiger charge is -2.52. The number of rotatable bonds is 10. The predicted molar refractivity (Wildman–Crippen MR) is 159 cm³/mol. The number of guanidine groups is 1. The number of nitrogens with one attached hydrogen (secondary N) is 3. The van der Waals surface area contributed by atoms with Gasteiger partial charge in [-0.15, -0.1) is 0 Å². The topological polar surface area (TPSA) is 324 Å². The Balaban J connectivity index is 1.42. The molecule has 15 atom stereocenters. The van der Waals surface area contributed by atoms with Gasteiger partial charge in [-0.2, -0.15) is 0 Å². The van der Waals surface area contributed by atoms with Crippen molar-refractivity contribution in [1.82, 2.24) is 16.0 Å². The lowest BCUT2D eigenvalue weighted by molar-refractivity contribution is -0.306. The Labute approximate surface area is 261 Å². The molecule has 3 aliphatic heterocycles. The van der Waals surface area contributed by atoms with Gasteiger partial charge < -0.3 is 84.4 Å². The maximum Gasteiger partial charge on any atom is 0.254 e. The fourth-order valence-corrected chi connectivity index (χ4v) is 7.25. The quantitative estimate of drug-likeness (QED) is 0.0775. The van der Waals surface area contributed by atoms with E-state index in [-0.39, 0.29) is 43.5 Å². The molecule has 45 heavy (non-hydrogen) atoms. The number of hydrogen-bond donors (Lipinski definition) is 13. The Morgan fingerprint density at radius 3 is 2.40 bits per heavy atom. The lowest BCUT2D eigenvalue weighted by Crippen LogP contribution is -2.71. The van der Waals surface area contributed by atoms with Crippen LogP contribution >= 0.6 is 0 Å². The molecule has 258 valence electrons. The molecule has 5 rings (SSSR count). The number of aliphatic hydroxyl groups is 5. The van der Waals surface area contributed by atoms with Crippen LogP contribution < -0.4 is 44.6 Å². The van der Waals surface area contributed by atoms with Crippen molar-refractivity contribution in [3.8, 4) is 0 Å². The van der Waals surface area contributed by atoms with Crippen molar-refractivity contribution < 1.29 is 44.5 Å². The summed E-state index contributed by atoms with van der Waals surface area (Å²) in [5.74, 6) is -1.80. The van der Waals surface area contributed by atoms with Crippen molar-refractivity contribution >= 4 is 11.9 Å². The van der Waals surface area contributed by atoms with Crippen LogP contribution in [0.2, 0.25) is 0 Å². The monoisotopic (exact) mass is 645 g/mol. The third-order valence-electron chi connectivity index (χ3n) is 10.2. The van der Waals surface area contributed by atoms with E-state index in [0.29, 0.717) is 0 Å². The minimum absolute atomic E-state index is 0.0473. The second-order valence-electron chi connectivity index (χ2n) is 13.4. The summed E-state index contributed by atoms with van der Waals surface area (Å²) in [5, 5.41) is 63.7. The number of amides is 1. The molecular weight excluding hydrogens is 594 g/mol. The van der Waals surface area contributed by atoms with Gasteiger partial charge in [0, 0.05) is 50.1 Å². The van der Waals surface area contributed by atoms with E-state index in [1.54, 1.807) is 0 Å². The molecule has 3 heterocycles. The van der Waals surface area contributed by atoms with Crippen LogP contribution in [0.25, 0.3) is 0 Å². The molecule has 15 unspecified atom stereocenters. The molecule has 0 radical (unpaired) electrons. The smallest absolute Gasteiger partial charge is 0.254 e. The number of carbonyl (C=O) groups is 1. The van der Waals surface area contributed by atoms with E-state index in [2.05, 4.69) is 20.9 Å². The average Bonchev–Trinajstić information content (AvgIpc) is 3.52. The molecule has 5 aliphatic rings. The Morgan fingerprint density at radius 1 is 1.09 bits per heavy atom. The Hall–Kier alpha value is -1.78. The normalized spacial score (nSPS) is 48.7. The summed E-state index contributed by atoms with van der Waals surface area (Å²) < 4.78 is 18.3. The molecule has 3 saturated heterocycles. The number of nitrogens with zero attached hydrogens (tertiary/aromatic N) is 1. The first kappa shape index (κ1) is 34.6. The Bertz CT molecular complexity index is 1080. The number of ether oxygens (including phenoxy) is 3. The molecule has 18 heteroatoms. The molecule has 18 N–H and O–H groups in total. The van der Waals surface area contributed by atoms with Crippen LogP contribution in [0.1, 0.15) is 32.6 Å². The first-order chi connectivity index (χ1) is 21.2. The van der Waals surface area contributed by atoms with Gasteiger partial charge in [0.1, 0.15) is 30.0 Å². The van der Waals surface area contributed by atoms with Gasteiger partial charge in [0.15, 0.2) is 17.9 Å². The first-order valence-corrected chi connectivity index (χ1v) is 15.7. The van der Waals surface area contributed by atoms with E-state index in [4.69, 9.17) is 42.9 Å². The van der Waals surface area contributed by atoms with Gasteiger partial charge in [-0.1, -0.05) is 0 Å². The van der Waals surface area contributed by atoms with Crippen LogP contribution in [-0.2, 0) is 19.0 Å². The van der Waals surface area contributed by atoms with Crippen LogP contribution in [0.15, 0.2) is 4.99 Å². The number of aliphatic imine (C=N–C) groups is 1. The first-order valence-electron chi connectivity index (χ1n) is 15.7. The van der Waals surface area contributed by atoms with Crippen molar-refractivity contribution in [3.05, 3.63) is 0 Å². The van der Waals surface area contributed by atoms with Crippen molar-refractivity contribution in [1.29, 1.82) is 0 Å². The highest BCUT2D eigenvalue weighted by atomic mass is 16.7. The van der Waals surface area contributed by atoms with Gasteiger partial charge >= 0.3 is 0 Å². The second-order valence-corrected chi connectivity index (χ2v) is 13.4. The van der Waals surface area contributed by atoms with E-state index >= 15 is 0 Å². The van der Waals surface area contributed by atoms with Crippen molar-refractivity contribution in [2.45, 2.75) is 123 Å². The summed E-state index contributed by atoms with van der Waals surface area (Å²) in [7, 11) is 0. The molecule has 0 aromatic carbocycles. The summed E-state index contributed by atoms with van der Waals surface area (Å²) in [6, 6.07) is -2.88. The van der Waals surface area contributed by atoms with Gasteiger partial charge in [-0.3, -0.25) is 4.79 Å². The van der Waals surface area contributed by atoms with Gasteiger partial charge in [0.05, 0.1) is 37.0 Å². The van der Waals surface area contributed by atoms with E-state index in [1.807, 2.05) is 0 Å². The maximum atomic E-state index is 13.5. The molecule has 5 fully saturated rings. The van der Waals surface area contributed by atoms with Crippen molar-refractivity contribution in [2.24, 2.45) is 39.6 Å². The summed E-state index contributed by atoms with van der Waals surface area (Å²) in [5.41, 5.74) is 26.5. The predicted octanol–water partition coefficient (Wildman–Crippen LogP) is -7.07. The largest absolute Gasteiger partial charge is 0.394 e. The number of nitrogens with two attached hydrogens (primary N) is 5. The molecule has 0 aromatic heterocycles. The molecule has 18 nitrogen and oxygen atoms in total. The zero-order chi connectivity index (χ0) is 32.8. The molecular formula is C27H51N9O9. The number of carbonyl (C=O) groups excluding carboxylic acids is 1. The Morgan fingerprint density at radius 2 is 1.80 bits per heavy atom. The molecule has 2 aliphatic carbocycles. The van der Waals surface area contributed by atoms with E-state index in [9.17, 15) is 30.3 Å². The minimum atomic E-state index is -1.94. The standard InChI is InChI=1S/C27H51N9O9/c1-26(36-25(31)32)9-27(26,42)24(41)35-14-4-12(29)16(21-13(34-10-6-33-7-10)3-2-11(5-28)43-21)19(39)22(14)45-23-20(40)17(30)18(38)15(8-37)44-23/h10-23,33-34,37-40,42H,2-9,28-30H2,1H3,(H,35,41)(H4,31,32,36). The van der Waals surface area contributed by atoms with Crippen molar-refractivity contribution in [2.75, 3.05) is 26.2 Å². The molecule has 1 amide bonds. The zero-order valence-electron chi connectivity index (χ0n) is 25.4. The van der Waals surface area contributed by atoms with Gasteiger partial charge in [-0.05, 0) is 26.2 Å². The summed E-state index contributed by atoms with van der Waals surface area (Å²) in [6.45, 7) is 2.78. The van der Waals surface area contributed by atoms with Crippen LogP contribution in [0.5, 0.6) is 0 Å². The SMILES string of the molecule is CC1(N=C(N)N)CC1(O)C(=O)NC1CC(N)C(C2OC(CN)CCC2NC2CNC2)C(O)C1OC1OC(CO)C(O)C(N)C1O. The third kappa shape index (κ3) is 6.67. The summed E-state index contributed by atoms with van der Waals surface area (Å²) in [4.78, 5) is 17.5. The summed E-state index contributed by atoms with van der Waals surface area (Å²) in [6.07, 6.45) is -7.59. The number of hydrogen-bond acceptors (Lipinski definition) is 15. The summed E-state index contributed by atoms with van der Waals surface area (Å²) >= 11 is 0. The van der Waals surface area contributed by atoms with E-state index in [1.165, 1.54) is 6.92 Å². The fourth-order valence-electron chi connectivity index (χ4n) is 7.25. The fraction of sp³-hybridized carbons (Fsp3) is 0.926. The Kier molecular flexibility index (Phi) is 10.3. The molecule has 0 spiro atoms.